The number of rotatable bonds is 7. The van der Waals surface area contributed by atoms with Crippen LogP contribution in [0.4, 0.5) is 10.1 Å². The first kappa shape index (κ1) is 24.1. The van der Waals surface area contributed by atoms with E-state index in [4.69, 9.17) is 14.2 Å². The van der Waals surface area contributed by atoms with Gasteiger partial charge in [-0.15, -0.1) is 0 Å². The molecule has 0 unspecified atom stereocenters. The maximum Gasteiger partial charge on any atom is 0.262 e. The van der Waals surface area contributed by atoms with Crippen molar-refractivity contribution >= 4 is 11.6 Å². The van der Waals surface area contributed by atoms with Crippen molar-refractivity contribution in [1.29, 1.82) is 0 Å². The predicted octanol–water partition coefficient (Wildman–Crippen LogP) is 5.78. The Morgan fingerprint density at radius 1 is 1.08 bits per heavy atom. The van der Waals surface area contributed by atoms with Crippen LogP contribution in [0, 0.1) is 18.7 Å². The van der Waals surface area contributed by atoms with Gasteiger partial charge in [0.05, 0.1) is 0 Å². The van der Waals surface area contributed by atoms with Crippen molar-refractivity contribution in [2.24, 2.45) is 5.92 Å². The maximum absolute atomic E-state index is 13.6. The first-order valence-corrected chi connectivity index (χ1v) is 12.4. The molecule has 0 bridgehead atoms. The van der Waals surface area contributed by atoms with Crippen molar-refractivity contribution in [2.75, 3.05) is 31.8 Å². The molecule has 5 rings (SSSR count). The second kappa shape index (κ2) is 10.6. The molecule has 2 aliphatic rings. The smallest absolute Gasteiger partial charge is 0.262 e. The molecule has 6 nitrogen and oxygen atoms in total. The Balaban J connectivity index is 1.35. The van der Waals surface area contributed by atoms with Gasteiger partial charge < -0.3 is 19.5 Å². The lowest BCUT2D eigenvalue weighted by Gasteiger charge is -2.31. The molecule has 0 aliphatic carbocycles. The summed E-state index contributed by atoms with van der Waals surface area (Å²) in [4.78, 5) is 15.0. The molecule has 0 spiro atoms. The molecular formula is C29H31FN2O4. The number of halogens is 1. The second-order valence-electron chi connectivity index (χ2n) is 9.67. The first-order chi connectivity index (χ1) is 17.4. The van der Waals surface area contributed by atoms with Gasteiger partial charge in [0.1, 0.15) is 11.6 Å². The van der Waals surface area contributed by atoms with Crippen LogP contribution in [0.15, 0.2) is 54.6 Å². The van der Waals surface area contributed by atoms with Crippen LogP contribution in [0.2, 0.25) is 0 Å². The van der Waals surface area contributed by atoms with Crippen molar-refractivity contribution in [3.05, 3.63) is 71.5 Å². The van der Waals surface area contributed by atoms with Gasteiger partial charge in [-0.25, -0.2) is 4.39 Å². The summed E-state index contributed by atoms with van der Waals surface area (Å²) < 4.78 is 30.6. The van der Waals surface area contributed by atoms with Crippen LogP contribution in [0.1, 0.15) is 30.9 Å². The van der Waals surface area contributed by atoms with Gasteiger partial charge in [0, 0.05) is 24.3 Å². The molecule has 188 valence electrons. The van der Waals surface area contributed by atoms with E-state index >= 15 is 0 Å². The van der Waals surface area contributed by atoms with Crippen LogP contribution in [0.5, 0.6) is 17.2 Å². The highest BCUT2D eigenvalue weighted by Crippen LogP contribution is 2.37. The number of hydrogen-bond acceptors (Lipinski definition) is 5. The third kappa shape index (κ3) is 5.62. The first-order valence-electron chi connectivity index (χ1n) is 12.4. The standard InChI is InChI=1S/C29H31FN2O4/c1-19-4-3-11-32(15-19)16-23-12-21(22-7-10-27-28(13-22)36-18-35-27)6-9-26(23)34-17-29(33)31-25-14-24(30)8-5-20(25)2/h5-10,12-14,19H,3-4,11,15-18H2,1-2H3,(H,31,33)/t19-/m1/s1. The van der Waals surface area contributed by atoms with Crippen molar-refractivity contribution in [3.8, 4) is 28.4 Å². The number of carbonyl (C=O) groups excluding carboxylic acids is 1. The number of piperidine rings is 1. The second-order valence-corrected chi connectivity index (χ2v) is 9.67. The minimum absolute atomic E-state index is 0.164. The maximum atomic E-state index is 13.6. The summed E-state index contributed by atoms with van der Waals surface area (Å²) in [5.74, 6) is 2.09. The van der Waals surface area contributed by atoms with Crippen LogP contribution < -0.4 is 19.5 Å². The Labute approximate surface area is 211 Å². The average molecular weight is 491 g/mol. The van der Waals surface area contributed by atoms with Gasteiger partial charge in [0.2, 0.25) is 6.79 Å². The number of hydrogen-bond donors (Lipinski definition) is 1. The number of nitrogens with one attached hydrogen (secondary N) is 1. The summed E-state index contributed by atoms with van der Waals surface area (Å²) in [5, 5.41) is 2.75. The third-order valence-electron chi connectivity index (χ3n) is 6.73. The number of fused-ring (bicyclic) bond motifs is 1. The minimum atomic E-state index is -0.394. The fourth-order valence-corrected chi connectivity index (χ4v) is 4.83. The Hall–Kier alpha value is -3.58. The highest BCUT2D eigenvalue weighted by atomic mass is 19.1. The molecule has 0 saturated carbocycles. The molecule has 2 aliphatic heterocycles. The summed E-state index contributed by atoms with van der Waals surface area (Å²) in [7, 11) is 0. The number of carbonyl (C=O) groups is 1. The Kier molecular flexibility index (Phi) is 7.09. The molecule has 3 aromatic rings. The van der Waals surface area contributed by atoms with Crippen LogP contribution >= 0.6 is 0 Å². The SMILES string of the molecule is Cc1ccc(F)cc1NC(=O)COc1ccc(-c2ccc3c(c2)OCO3)cc1CN1CCC[C@@H](C)C1. The molecule has 0 radical (unpaired) electrons. The number of anilines is 1. The highest BCUT2D eigenvalue weighted by molar-refractivity contribution is 5.92. The molecule has 1 atom stereocenters. The third-order valence-corrected chi connectivity index (χ3v) is 6.73. The summed E-state index contributed by atoms with van der Waals surface area (Å²) in [5.41, 5.74) is 4.33. The van der Waals surface area contributed by atoms with Gasteiger partial charge in [-0.05, 0) is 85.3 Å². The van der Waals surface area contributed by atoms with Crippen LogP contribution in [-0.4, -0.2) is 37.3 Å². The van der Waals surface area contributed by atoms with E-state index in [1.807, 2.05) is 37.3 Å². The number of likely N-dealkylation sites (tertiary alicyclic amines) is 1. The van der Waals surface area contributed by atoms with E-state index in [0.717, 1.165) is 53.4 Å². The van der Waals surface area contributed by atoms with Crippen molar-refractivity contribution in [1.82, 2.24) is 4.90 Å². The fraction of sp³-hybridized carbons (Fsp3) is 0.345. The predicted molar refractivity (Wildman–Crippen MR) is 137 cm³/mol. The highest BCUT2D eigenvalue weighted by Gasteiger charge is 2.20. The van der Waals surface area contributed by atoms with E-state index in [0.29, 0.717) is 17.4 Å². The summed E-state index contributed by atoms with van der Waals surface area (Å²) in [6.45, 7) is 6.99. The average Bonchev–Trinajstić information content (AvgIpc) is 3.33. The van der Waals surface area contributed by atoms with E-state index in [1.165, 1.54) is 25.0 Å². The monoisotopic (exact) mass is 490 g/mol. The van der Waals surface area contributed by atoms with E-state index < -0.39 is 5.82 Å². The van der Waals surface area contributed by atoms with Crippen molar-refractivity contribution < 1.29 is 23.4 Å². The molecule has 36 heavy (non-hydrogen) atoms. The number of aryl methyl sites for hydroxylation is 1. The summed E-state index contributed by atoms with van der Waals surface area (Å²) in [6, 6.07) is 16.3. The van der Waals surface area contributed by atoms with Gasteiger partial charge in [-0.2, -0.15) is 0 Å². The molecule has 7 heteroatoms. The molecule has 1 amide bonds. The van der Waals surface area contributed by atoms with Crippen LogP contribution in [0.3, 0.4) is 0 Å². The van der Waals surface area contributed by atoms with Gasteiger partial charge >= 0.3 is 0 Å². The van der Waals surface area contributed by atoms with Gasteiger partial charge in [-0.1, -0.05) is 25.1 Å². The summed E-state index contributed by atoms with van der Waals surface area (Å²) in [6.07, 6.45) is 2.42. The molecule has 2 heterocycles. The topological polar surface area (TPSA) is 60.0 Å². The Bertz CT molecular complexity index is 1260. The largest absolute Gasteiger partial charge is 0.483 e. The van der Waals surface area contributed by atoms with E-state index in [9.17, 15) is 9.18 Å². The quantitative estimate of drug-likeness (QED) is 0.455. The number of benzene rings is 3. The van der Waals surface area contributed by atoms with Crippen LogP contribution in [0.25, 0.3) is 11.1 Å². The summed E-state index contributed by atoms with van der Waals surface area (Å²) >= 11 is 0. The molecule has 1 fully saturated rings. The molecule has 1 saturated heterocycles. The lowest BCUT2D eigenvalue weighted by molar-refractivity contribution is -0.118. The van der Waals surface area contributed by atoms with Crippen LogP contribution in [-0.2, 0) is 11.3 Å². The Morgan fingerprint density at radius 3 is 2.75 bits per heavy atom. The zero-order chi connectivity index (χ0) is 25.1. The van der Waals surface area contributed by atoms with E-state index in [1.54, 1.807) is 6.07 Å². The lowest BCUT2D eigenvalue weighted by atomic mass is 9.98. The zero-order valence-electron chi connectivity index (χ0n) is 20.7. The van der Waals surface area contributed by atoms with E-state index in [-0.39, 0.29) is 19.3 Å². The van der Waals surface area contributed by atoms with Gasteiger partial charge in [0.25, 0.3) is 5.91 Å². The van der Waals surface area contributed by atoms with Gasteiger partial charge in [-0.3, -0.25) is 9.69 Å². The van der Waals surface area contributed by atoms with Gasteiger partial charge in [0.15, 0.2) is 18.1 Å². The number of nitrogens with zero attached hydrogens (tertiary/aromatic N) is 1. The van der Waals surface area contributed by atoms with Crippen molar-refractivity contribution in [3.63, 3.8) is 0 Å². The molecule has 3 aromatic carbocycles. The normalized spacial score (nSPS) is 17.1. The molecule has 1 N–H and O–H groups in total. The van der Waals surface area contributed by atoms with E-state index in [2.05, 4.69) is 23.2 Å². The fourth-order valence-electron chi connectivity index (χ4n) is 4.83. The number of ether oxygens (including phenoxy) is 3. The minimum Gasteiger partial charge on any atom is -0.483 e. The zero-order valence-corrected chi connectivity index (χ0v) is 20.7. The van der Waals surface area contributed by atoms with Crippen molar-refractivity contribution in [2.45, 2.75) is 33.2 Å². The Morgan fingerprint density at radius 2 is 1.89 bits per heavy atom. The number of amides is 1. The molecular weight excluding hydrogens is 459 g/mol. The molecule has 0 aromatic heterocycles. The lowest BCUT2D eigenvalue weighted by Crippen LogP contribution is -2.33.